The van der Waals surface area contributed by atoms with E-state index in [2.05, 4.69) is 21.9 Å². The van der Waals surface area contributed by atoms with Gasteiger partial charge in [-0.05, 0) is 24.3 Å². The van der Waals surface area contributed by atoms with Crippen molar-refractivity contribution in [1.29, 1.82) is 0 Å². The number of aromatic nitrogens is 1. The van der Waals surface area contributed by atoms with Gasteiger partial charge in [-0.15, -0.1) is 0 Å². The summed E-state index contributed by atoms with van der Waals surface area (Å²) in [6.45, 7) is 1.37. The molecule has 7 heteroatoms. The summed E-state index contributed by atoms with van der Waals surface area (Å²) in [4.78, 5) is 28.6. The number of piperidine rings is 1. The van der Waals surface area contributed by atoms with Gasteiger partial charge in [0, 0.05) is 25.4 Å². The fourth-order valence-corrected chi connectivity index (χ4v) is 3.20. The SMILES string of the molecule is COC(=O)c1cnc(N2CCC(c3ccccc3)CC2)c([N+](=O)[O-])c1. The van der Waals surface area contributed by atoms with Crippen LogP contribution in [0.3, 0.4) is 0 Å². The van der Waals surface area contributed by atoms with E-state index >= 15 is 0 Å². The van der Waals surface area contributed by atoms with Gasteiger partial charge in [0.05, 0.1) is 17.6 Å². The molecule has 0 aliphatic carbocycles. The molecule has 25 heavy (non-hydrogen) atoms. The average molecular weight is 341 g/mol. The van der Waals surface area contributed by atoms with Crippen LogP contribution in [-0.2, 0) is 4.74 Å². The molecule has 1 aliphatic heterocycles. The monoisotopic (exact) mass is 341 g/mol. The van der Waals surface area contributed by atoms with E-state index in [4.69, 9.17) is 0 Å². The number of benzene rings is 1. The van der Waals surface area contributed by atoms with Crippen molar-refractivity contribution in [2.75, 3.05) is 25.1 Å². The number of carbonyl (C=O) groups excluding carboxylic acids is 1. The van der Waals surface area contributed by atoms with Gasteiger partial charge in [-0.1, -0.05) is 30.3 Å². The Morgan fingerprint density at radius 2 is 1.96 bits per heavy atom. The molecule has 1 saturated heterocycles. The number of nitrogens with zero attached hydrogens (tertiary/aromatic N) is 3. The van der Waals surface area contributed by atoms with Crippen molar-refractivity contribution >= 4 is 17.5 Å². The summed E-state index contributed by atoms with van der Waals surface area (Å²) in [5.41, 5.74) is 1.21. The lowest BCUT2D eigenvalue weighted by atomic mass is 9.89. The zero-order valence-electron chi connectivity index (χ0n) is 13.9. The quantitative estimate of drug-likeness (QED) is 0.482. The maximum absolute atomic E-state index is 11.6. The minimum Gasteiger partial charge on any atom is -0.465 e. The maximum Gasteiger partial charge on any atom is 0.339 e. The molecule has 1 aromatic heterocycles. The summed E-state index contributed by atoms with van der Waals surface area (Å²) in [5.74, 6) is 0.125. The number of hydrogen-bond donors (Lipinski definition) is 0. The van der Waals surface area contributed by atoms with Crippen molar-refractivity contribution in [3.63, 3.8) is 0 Å². The first kappa shape index (κ1) is 16.9. The zero-order valence-corrected chi connectivity index (χ0v) is 13.9. The minimum absolute atomic E-state index is 0.0807. The van der Waals surface area contributed by atoms with Gasteiger partial charge in [0.15, 0.2) is 0 Å². The maximum atomic E-state index is 11.6. The van der Waals surface area contributed by atoms with Crippen LogP contribution in [0.5, 0.6) is 0 Å². The number of carbonyl (C=O) groups is 1. The van der Waals surface area contributed by atoms with Gasteiger partial charge >= 0.3 is 11.7 Å². The van der Waals surface area contributed by atoms with Crippen LogP contribution in [0.1, 0.15) is 34.7 Å². The largest absolute Gasteiger partial charge is 0.465 e. The van der Waals surface area contributed by atoms with Gasteiger partial charge in [-0.2, -0.15) is 0 Å². The number of rotatable bonds is 4. The van der Waals surface area contributed by atoms with Crippen LogP contribution in [0.25, 0.3) is 0 Å². The summed E-state index contributed by atoms with van der Waals surface area (Å²) < 4.78 is 4.60. The Balaban J connectivity index is 1.78. The van der Waals surface area contributed by atoms with Gasteiger partial charge in [0.2, 0.25) is 5.82 Å². The van der Waals surface area contributed by atoms with E-state index in [-0.39, 0.29) is 11.3 Å². The number of hydrogen-bond acceptors (Lipinski definition) is 6. The molecule has 0 bridgehead atoms. The van der Waals surface area contributed by atoms with Gasteiger partial charge in [0.1, 0.15) is 0 Å². The molecule has 1 aromatic carbocycles. The molecule has 2 heterocycles. The smallest absolute Gasteiger partial charge is 0.339 e. The molecule has 0 radical (unpaired) electrons. The van der Waals surface area contributed by atoms with Gasteiger partial charge in [-0.3, -0.25) is 10.1 Å². The second-order valence-corrected chi connectivity index (χ2v) is 5.99. The zero-order chi connectivity index (χ0) is 17.8. The van der Waals surface area contributed by atoms with Crippen LogP contribution in [0.2, 0.25) is 0 Å². The highest BCUT2D eigenvalue weighted by Gasteiger charge is 2.28. The third-order valence-corrected chi connectivity index (χ3v) is 4.53. The third kappa shape index (κ3) is 3.60. The fourth-order valence-electron chi connectivity index (χ4n) is 3.20. The first-order valence-electron chi connectivity index (χ1n) is 8.13. The van der Waals surface area contributed by atoms with Crippen LogP contribution >= 0.6 is 0 Å². The summed E-state index contributed by atoms with van der Waals surface area (Å²) >= 11 is 0. The predicted molar refractivity (Wildman–Crippen MR) is 92.9 cm³/mol. The molecule has 3 rings (SSSR count). The van der Waals surface area contributed by atoms with Crippen molar-refractivity contribution < 1.29 is 14.5 Å². The number of esters is 1. The highest BCUT2D eigenvalue weighted by atomic mass is 16.6. The number of methoxy groups -OCH3 is 1. The van der Waals surface area contributed by atoms with Gasteiger partial charge in [-0.25, -0.2) is 9.78 Å². The Morgan fingerprint density at radius 3 is 2.56 bits per heavy atom. The fraction of sp³-hybridized carbons (Fsp3) is 0.333. The molecular weight excluding hydrogens is 322 g/mol. The highest BCUT2D eigenvalue weighted by molar-refractivity contribution is 5.90. The Bertz CT molecular complexity index is 771. The molecule has 0 atom stereocenters. The lowest BCUT2D eigenvalue weighted by Gasteiger charge is -2.32. The molecule has 0 amide bonds. The summed E-state index contributed by atoms with van der Waals surface area (Å²) in [7, 11) is 1.23. The molecule has 7 nitrogen and oxygen atoms in total. The molecule has 0 unspecified atom stereocenters. The topological polar surface area (TPSA) is 85.6 Å². The lowest BCUT2D eigenvalue weighted by Crippen LogP contribution is -2.34. The number of anilines is 1. The van der Waals surface area contributed by atoms with E-state index in [1.54, 1.807) is 0 Å². The standard InChI is InChI=1S/C18H19N3O4/c1-25-18(22)15-11-16(21(23)24)17(19-12-15)20-9-7-14(8-10-20)13-5-3-2-4-6-13/h2-6,11-12,14H,7-10H2,1H3. The number of ether oxygens (including phenoxy) is 1. The van der Waals surface area contributed by atoms with E-state index in [1.807, 2.05) is 23.1 Å². The van der Waals surface area contributed by atoms with E-state index in [0.29, 0.717) is 24.8 Å². The van der Waals surface area contributed by atoms with Gasteiger partial charge < -0.3 is 9.64 Å². The Hall–Kier alpha value is -2.96. The predicted octanol–water partition coefficient (Wildman–Crippen LogP) is 3.16. The van der Waals surface area contributed by atoms with Crippen LogP contribution in [-0.4, -0.2) is 36.1 Å². The van der Waals surface area contributed by atoms with Gasteiger partial charge in [0.25, 0.3) is 0 Å². The molecule has 130 valence electrons. The summed E-state index contributed by atoms with van der Waals surface area (Å²) in [5, 5.41) is 11.4. The van der Waals surface area contributed by atoms with Crippen LogP contribution in [0, 0.1) is 10.1 Å². The van der Waals surface area contributed by atoms with Crippen LogP contribution in [0.4, 0.5) is 11.5 Å². The molecular formula is C18H19N3O4. The Kier molecular flexibility index (Phi) is 4.92. The molecule has 1 aliphatic rings. The van der Waals surface area contributed by atoms with E-state index < -0.39 is 10.9 Å². The van der Waals surface area contributed by atoms with E-state index in [1.165, 1.54) is 24.9 Å². The van der Waals surface area contributed by atoms with Crippen molar-refractivity contribution in [3.8, 4) is 0 Å². The van der Waals surface area contributed by atoms with Crippen molar-refractivity contribution in [1.82, 2.24) is 4.98 Å². The second-order valence-electron chi connectivity index (χ2n) is 5.99. The Morgan fingerprint density at radius 1 is 1.28 bits per heavy atom. The number of nitro groups is 1. The molecule has 0 spiro atoms. The first-order chi connectivity index (χ1) is 12.1. The number of pyridine rings is 1. The van der Waals surface area contributed by atoms with Crippen molar-refractivity contribution in [3.05, 3.63) is 63.8 Å². The van der Waals surface area contributed by atoms with Crippen molar-refractivity contribution in [2.45, 2.75) is 18.8 Å². The second kappa shape index (κ2) is 7.29. The minimum atomic E-state index is -0.634. The normalized spacial score (nSPS) is 15.0. The average Bonchev–Trinajstić information content (AvgIpc) is 2.67. The molecule has 0 saturated carbocycles. The molecule has 0 N–H and O–H groups in total. The highest BCUT2D eigenvalue weighted by Crippen LogP contribution is 2.33. The third-order valence-electron chi connectivity index (χ3n) is 4.53. The molecule has 2 aromatic rings. The van der Waals surface area contributed by atoms with Crippen LogP contribution < -0.4 is 4.90 Å². The Labute approximate surface area is 145 Å². The first-order valence-corrected chi connectivity index (χ1v) is 8.13. The summed E-state index contributed by atoms with van der Waals surface area (Å²) in [6, 6.07) is 11.5. The van der Waals surface area contributed by atoms with E-state index in [9.17, 15) is 14.9 Å². The van der Waals surface area contributed by atoms with Crippen molar-refractivity contribution in [2.24, 2.45) is 0 Å². The summed E-state index contributed by atoms with van der Waals surface area (Å²) in [6.07, 6.45) is 3.14. The van der Waals surface area contributed by atoms with Crippen LogP contribution in [0.15, 0.2) is 42.6 Å². The molecule has 1 fully saturated rings. The van der Waals surface area contributed by atoms with E-state index in [0.717, 1.165) is 12.8 Å². The lowest BCUT2D eigenvalue weighted by molar-refractivity contribution is -0.384.